The standard InChI is InChI=1S/C18H27N3O3/c1-2-6-15-13-16(19-24-15)18(23)21-11-9-20(10-12-21)17(22)14-7-4-3-5-8-14/h13-14H,2-12H2,1H3. The second-order valence-electron chi connectivity index (χ2n) is 6.88. The first-order valence-electron chi connectivity index (χ1n) is 9.22. The van der Waals surface area contributed by atoms with Gasteiger partial charge in [-0.1, -0.05) is 31.3 Å². The Labute approximate surface area is 143 Å². The summed E-state index contributed by atoms with van der Waals surface area (Å²) in [7, 11) is 0. The molecule has 6 heteroatoms. The van der Waals surface area contributed by atoms with Crippen molar-refractivity contribution >= 4 is 11.8 Å². The Bertz CT molecular complexity index is 570. The lowest BCUT2D eigenvalue weighted by molar-refractivity contribution is -0.138. The molecule has 1 saturated carbocycles. The number of hydrogen-bond acceptors (Lipinski definition) is 4. The maximum atomic E-state index is 12.6. The second kappa shape index (κ2) is 7.81. The van der Waals surface area contributed by atoms with Crippen molar-refractivity contribution in [3.63, 3.8) is 0 Å². The molecule has 24 heavy (non-hydrogen) atoms. The SMILES string of the molecule is CCCc1cc(C(=O)N2CCN(C(=O)C3CCCCC3)CC2)no1. The van der Waals surface area contributed by atoms with Gasteiger partial charge in [-0.25, -0.2) is 0 Å². The largest absolute Gasteiger partial charge is 0.361 e. The lowest BCUT2D eigenvalue weighted by Crippen LogP contribution is -2.52. The fourth-order valence-corrected chi connectivity index (χ4v) is 3.68. The van der Waals surface area contributed by atoms with Gasteiger partial charge in [0, 0.05) is 44.6 Å². The average Bonchev–Trinajstić information content (AvgIpc) is 3.10. The zero-order chi connectivity index (χ0) is 16.9. The van der Waals surface area contributed by atoms with Gasteiger partial charge in [0.05, 0.1) is 0 Å². The summed E-state index contributed by atoms with van der Waals surface area (Å²) in [6, 6.07) is 1.74. The number of hydrogen-bond donors (Lipinski definition) is 0. The Morgan fingerprint density at radius 3 is 2.46 bits per heavy atom. The predicted octanol–water partition coefficient (Wildman–Crippen LogP) is 2.49. The van der Waals surface area contributed by atoms with Gasteiger partial charge in [0.1, 0.15) is 5.76 Å². The van der Waals surface area contributed by atoms with Crippen LogP contribution in [0.25, 0.3) is 0 Å². The Kier molecular flexibility index (Phi) is 5.53. The van der Waals surface area contributed by atoms with Gasteiger partial charge in [-0.15, -0.1) is 0 Å². The molecule has 2 fully saturated rings. The third kappa shape index (κ3) is 3.79. The summed E-state index contributed by atoms with van der Waals surface area (Å²) in [5.41, 5.74) is 0.380. The van der Waals surface area contributed by atoms with Gasteiger partial charge in [-0.3, -0.25) is 9.59 Å². The van der Waals surface area contributed by atoms with Crippen LogP contribution in [0.2, 0.25) is 0 Å². The lowest BCUT2D eigenvalue weighted by Gasteiger charge is -2.36. The smallest absolute Gasteiger partial charge is 0.276 e. The van der Waals surface area contributed by atoms with Gasteiger partial charge < -0.3 is 14.3 Å². The van der Waals surface area contributed by atoms with Crippen LogP contribution in [0, 0.1) is 5.92 Å². The Balaban J connectivity index is 1.52. The third-order valence-corrected chi connectivity index (χ3v) is 5.11. The molecule has 2 amide bonds. The Morgan fingerprint density at radius 1 is 1.12 bits per heavy atom. The fourth-order valence-electron chi connectivity index (χ4n) is 3.68. The molecule has 0 spiro atoms. The van der Waals surface area contributed by atoms with E-state index in [1.54, 1.807) is 11.0 Å². The molecule has 0 N–H and O–H groups in total. The maximum Gasteiger partial charge on any atom is 0.276 e. The van der Waals surface area contributed by atoms with Gasteiger partial charge >= 0.3 is 0 Å². The molecule has 1 aromatic rings. The van der Waals surface area contributed by atoms with Crippen LogP contribution in [0.4, 0.5) is 0 Å². The third-order valence-electron chi connectivity index (χ3n) is 5.11. The molecule has 1 aliphatic heterocycles. The van der Waals surface area contributed by atoms with Crippen molar-refractivity contribution in [1.29, 1.82) is 0 Å². The quantitative estimate of drug-likeness (QED) is 0.849. The molecule has 6 nitrogen and oxygen atoms in total. The molecule has 2 heterocycles. The number of carbonyl (C=O) groups excluding carboxylic acids is 2. The summed E-state index contributed by atoms with van der Waals surface area (Å²) >= 11 is 0. The van der Waals surface area contributed by atoms with Crippen LogP contribution in [0.3, 0.4) is 0 Å². The first-order chi connectivity index (χ1) is 11.7. The number of carbonyl (C=O) groups is 2. The molecule has 0 aromatic carbocycles. The van der Waals surface area contributed by atoms with Crippen molar-refractivity contribution in [3.05, 3.63) is 17.5 Å². The Morgan fingerprint density at radius 2 is 1.79 bits per heavy atom. The van der Waals surface area contributed by atoms with Crippen LogP contribution in [-0.2, 0) is 11.2 Å². The summed E-state index contributed by atoms with van der Waals surface area (Å²) < 4.78 is 5.19. The number of amides is 2. The number of nitrogens with zero attached hydrogens (tertiary/aromatic N) is 3. The lowest BCUT2D eigenvalue weighted by atomic mass is 9.88. The summed E-state index contributed by atoms with van der Waals surface area (Å²) in [6.45, 7) is 4.47. The highest BCUT2D eigenvalue weighted by Gasteiger charge is 2.30. The first-order valence-corrected chi connectivity index (χ1v) is 9.22. The minimum absolute atomic E-state index is 0.0918. The average molecular weight is 333 g/mol. The summed E-state index contributed by atoms with van der Waals surface area (Å²) in [6.07, 6.45) is 7.40. The van der Waals surface area contributed by atoms with E-state index in [1.165, 1.54) is 19.3 Å². The summed E-state index contributed by atoms with van der Waals surface area (Å²) in [4.78, 5) is 28.8. The molecule has 2 aliphatic rings. The number of rotatable bonds is 4. The molecule has 132 valence electrons. The molecule has 1 aliphatic carbocycles. The van der Waals surface area contributed by atoms with Gasteiger partial charge in [0.15, 0.2) is 5.69 Å². The van der Waals surface area contributed by atoms with Crippen LogP contribution in [0.5, 0.6) is 0 Å². The maximum absolute atomic E-state index is 12.6. The zero-order valence-corrected chi connectivity index (χ0v) is 14.5. The van der Waals surface area contributed by atoms with Gasteiger partial charge in [0.25, 0.3) is 5.91 Å². The van der Waals surface area contributed by atoms with E-state index in [0.717, 1.165) is 31.4 Å². The van der Waals surface area contributed by atoms with E-state index >= 15 is 0 Å². The predicted molar refractivity (Wildman–Crippen MR) is 89.6 cm³/mol. The van der Waals surface area contributed by atoms with Crippen molar-refractivity contribution < 1.29 is 14.1 Å². The van der Waals surface area contributed by atoms with Crippen LogP contribution in [0.15, 0.2) is 10.6 Å². The molecule has 1 aromatic heterocycles. The van der Waals surface area contributed by atoms with Crippen molar-refractivity contribution in [1.82, 2.24) is 15.0 Å². The first kappa shape index (κ1) is 17.0. The summed E-state index contributed by atoms with van der Waals surface area (Å²) in [5.74, 6) is 1.15. The van der Waals surface area contributed by atoms with Gasteiger partial charge in [-0.2, -0.15) is 0 Å². The highest BCUT2D eigenvalue weighted by Crippen LogP contribution is 2.26. The second-order valence-corrected chi connectivity index (χ2v) is 6.88. The van der Waals surface area contributed by atoms with Crippen molar-refractivity contribution in [2.45, 2.75) is 51.9 Å². The molecule has 3 rings (SSSR count). The minimum atomic E-state index is -0.0918. The van der Waals surface area contributed by atoms with Gasteiger partial charge in [-0.05, 0) is 19.3 Å². The zero-order valence-electron chi connectivity index (χ0n) is 14.5. The van der Waals surface area contributed by atoms with E-state index in [4.69, 9.17) is 4.52 Å². The summed E-state index contributed by atoms with van der Waals surface area (Å²) in [5, 5.41) is 3.89. The van der Waals surface area contributed by atoms with E-state index in [1.807, 2.05) is 4.90 Å². The number of aryl methyl sites for hydroxylation is 1. The van der Waals surface area contributed by atoms with Crippen LogP contribution >= 0.6 is 0 Å². The fraction of sp³-hybridized carbons (Fsp3) is 0.722. The molecule has 1 saturated heterocycles. The highest BCUT2D eigenvalue weighted by atomic mass is 16.5. The topological polar surface area (TPSA) is 66.7 Å². The highest BCUT2D eigenvalue weighted by molar-refractivity contribution is 5.92. The normalized spacial score (nSPS) is 19.5. The number of piperazine rings is 1. The molecule has 0 unspecified atom stereocenters. The Hall–Kier alpha value is -1.85. The molecule has 0 radical (unpaired) electrons. The van der Waals surface area contributed by atoms with Gasteiger partial charge in [0.2, 0.25) is 5.91 Å². The van der Waals surface area contributed by atoms with Crippen LogP contribution in [0.1, 0.15) is 61.7 Å². The molecular formula is C18H27N3O3. The van der Waals surface area contributed by atoms with Crippen molar-refractivity contribution in [2.24, 2.45) is 5.92 Å². The van der Waals surface area contributed by atoms with E-state index in [9.17, 15) is 9.59 Å². The van der Waals surface area contributed by atoms with Crippen molar-refractivity contribution in [2.75, 3.05) is 26.2 Å². The van der Waals surface area contributed by atoms with E-state index in [2.05, 4.69) is 12.1 Å². The van der Waals surface area contributed by atoms with Crippen LogP contribution in [-0.4, -0.2) is 52.9 Å². The van der Waals surface area contributed by atoms with Crippen LogP contribution < -0.4 is 0 Å². The molecule has 0 bridgehead atoms. The van der Waals surface area contributed by atoms with E-state index in [-0.39, 0.29) is 17.7 Å². The van der Waals surface area contributed by atoms with E-state index < -0.39 is 0 Å². The van der Waals surface area contributed by atoms with Crippen molar-refractivity contribution in [3.8, 4) is 0 Å². The monoisotopic (exact) mass is 333 g/mol. The minimum Gasteiger partial charge on any atom is -0.361 e. The van der Waals surface area contributed by atoms with E-state index in [0.29, 0.717) is 31.9 Å². The number of aromatic nitrogens is 1. The molecule has 0 atom stereocenters. The molecular weight excluding hydrogens is 306 g/mol.